The van der Waals surface area contributed by atoms with E-state index >= 15 is 0 Å². The Morgan fingerprint density at radius 3 is 2.38 bits per heavy atom. The van der Waals surface area contributed by atoms with E-state index in [1.165, 1.54) is 25.9 Å². The standard InChI is InChI=1S/C14H28N2/c1-13(2,3)12-9-16(8-11-6-7-11)14(4,5)10-15-12/h11-12,15H,6-10H2,1-5H3. The van der Waals surface area contributed by atoms with Gasteiger partial charge in [-0.3, -0.25) is 4.90 Å². The van der Waals surface area contributed by atoms with Gasteiger partial charge in [-0.15, -0.1) is 0 Å². The van der Waals surface area contributed by atoms with E-state index in [0.717, 1.165) is 12.5 Å². The van der Waals surface area contributed by atoms with Crippen molar-refractivity contribution in [3.63, 3.8) is 0 Å². The van der Waals surface area contributed by atoms with Gasteiger partial charge in [-0.1, -0.05) is 20.8 Å². The van der Waals surface area contributed by atoms with Crippen LogP contribution in [0.25, 0.3) is 0 Å². The largest absolute Gasteiger partial charge is 0.310 e. The van der Waals surface area contributed by atoms with E-state index in [0.29, 0.717) is 17.0 Å². The van der Waals surface area contributed by atoms with Crippen molar-refractivity contribution in [3.8, 4) is 0 Å². The summed E-state index contributed by atoms with van der Waals surface area (Å²) < 4.78 is 0. The van der Waals surface area contributed by atoms with Crippen LogP contribution in [-0.4, -0.2) is 36.1 Å². The van der Waals surface area contributed by atoms with E-state index in [9.17, 15) is 0 Å². The third-order valence-electron chi connectivity index (χ3n) is 4.26. The summed E-state index contributed by atoms with van der Waals surface area (Å²) >= 11 is 0. The highest BCUT2D eigenvalue weighted by Gasteiger charge is 2.40. The molecule has 0 aromatic carbocycles. The summed E-state index contributed by atoms with van der Waals surface area (Å²) in [6.45, 7) is 15.5. The van der Waals surface area contributed by atoms with Gasteiger partial charge in [0.1, 0.15) is 0 Å². The molecule has 2 fully saturated rings. The van der Waals surface area contributed by atoms with E-state index in [1.54, 1.807) is 0 Å². The first-order chi connectivity index (χ1) is 7.29. The second kappa shape index (κ2) is 3.99. The second-order valence-electron chi connectivity index (χ2n) is 7.46. The third-order valence-corrected chi connectivity index (χ3v) is 4.26. The molecule has 1 aliphatic heterocycles. The third kappa shape index (κ3) is 2.78. The average molecular weight is 224 g/mol. The topological polar surface area (TPSA) is 15.3 Å². The predicted molar refractivity (Wildman–Crippen MR) is 69.6 cm³/mol. The lowest BCUT2D eigenvalue weighted by Gasteiger charge is -2.49. The van der Waals surface area contributed by atoms with Crippen LogP contribution in [0.3, 0.4) is 0 Å². The monoisotopic (exact) mass is 224 g/mol. The Labute approximate surface area is 101 Å². The van der Waals surface area contributed by atoms with Crippen molar-refractivity contribution in [2.24, 2.45) is 11.3 Å². The van der Waals surface area contributed by atoms with Gasteiger partial charge in [0.15, 0.2) is 0 Å². The van der Waals surface area contributed by atoms with Crippen LogP contribution in [0.15, 0.2) is 0 Å². The minimum atomic E-state index is 0.338. The van der Waals surface area contributed by atoms with E-state index in [2.05, 4.69) is 44.8 Å². The predicted octanol–water partition coefficient (Wildman–Crippen LogP) is 2.49. The molecular weight excluding hydrogens is 196 g/mol. The van der Waals surface area contributed by atoms with Gasteiger partial charge < -0.3 is 5.32 Å². The van der Waals surface area contributed by atoms with Crippen molar-refractivity contribution >= 4 is 0 Å². The first-order valence-electron chi connectivity index (χ1n) is 6.77. The van der Waals surface area contributed by atoms with Gasteiger partial charge in [-0.25, -0.2) is 0 Å². The highest BCUT2D eigenvalue weighted by Crippen LogP contribution is 2.34. The van der Waals surface area contributed by atoms with Crippen molar-refractivity contribution in [1.82, 2.24) is 10.2 Å². The van der Waals surface area contributed by atoms with Crippen LogP contribution in [0.2, 0.25) is 0 Å². The molecule has 1 aliphatic carbocycles. The Hall–Kier alpha value is -0.0800. The molecular formula is C14H28N2. The van der Waals surface area contributed by atoms with Gasteiger partial charge in [0.05, 0.1) is 0 Å². The van der Waals surface area contributed by atoms with Gasteiger partial charge in [-0.2, -0.15) is 0 Å². The number of nitrogens with zero attached hydrogens (tertiary/aromatic N) is 1. The van der Waals surface area contributed by atoms with Crippen LogP contribution in [0.4, 0.5) is 0 Å². The van der Waals surface area contributed by atoms with Crippen LogP contribution in [0, 0.1) is 11.3 Å². The molecule has 1 unspecified atom stereocenters. The lowest BCUT2D eigenvalue weighted by molar-refractivity contribution is 0.0324. The van der Waals surface area contributed by atoms with E-state index < -0.39 is 0 Å². The molecule has 2 nitrogen and oxygen atoms in total. The molecule has 2 aliphatic rings. The van der Waals surface area contributed by atoms with E-state index in [-0.39, 0.29) is 0 Å². The Morgan fingerprint density at radius 1 is 1.25 bits per heavy atom. The number of piperazine rings is 1. The molecule has 0 radical (unpaired) electrons. The van der Waals surface area contributed by atoms with Gasteiger partial charge in [-0.05, 0) is 38.0 Å². The Kier molecular flexibility index (Phi) is 3.09. The molecule has 1 saturated heterocycles. The number of hydrogen-bond donors (Lipinski definition) is 1. The van der Waals surface area contributed by atoms with Gasteiger partial charge in [0.25, 0.3) is 0 Å². The quantitative estimate of drug-likeness (QED) is 0.775. The molecule has 1 saturated carbocycles. The normalized spacial score (nSPS) is 31.7. The molecule has 1 atom stereocenters. The summed E-state index contributed by atoms with van der Waals surface area (Å²) in [5.74, 6) is 0.998. The zero-order valence-electron chi connectivity index (χ0n) is 11.6. The summed E-state index contributed by atoms with van der Waals surface area (Å²) in [4.78, 5) is 2.72. The van der Waals surface area contributed by atoms with Gasteiger partial charge in [0.2, 0.25) is 0 Å². The average Bonchev–Trinajstić information content (AvgIpc) is 2.90. The summed E-state index contributed by atoms with van der Waals surface area (Å²) in [5, 5.41) is 3.73. The molecule has 0 aromatic heterocycles. The van der Waals surface area contributed by atoms with Crippen molar-refractivity contribution in [3.05, 3.63) is 0 Å². The Morgan fingerprint density at radius 2 is 1.88 bits per heavy atom. The SMILES string of the molecule is CC(C)(C)C1CN(CC2CC2)C(C)(C)CN1. The molecule has 1 N–H and O–H groups in total. The summed E-state index contributed by atoms with van der Waals surface area (Å²) in [6, 6.07) is 0.638. The highest BCUT2D eigenvalue weighted by atomic mass is 15.3. The maximum atomic E-state index is 3.73. The molecule has 2 rings (SSSR count). The summed E-state index contributed by atoms with van der Waals surface area (Å²) in [6.07, 6.45) is 2.92. The zero-order valence-corrected chi connectivity index (χ0v) is 11.6. The minimum Gasteiger partial charge on any atom is -0.310 e. The first-order valence-corrected chi connectivity index (χ1v) is 6.77. The molecule has 94 valence electrons. The van der Waals surface area contributed by atoms with Crippen LogP contribution in [-0.2, 0) is 0 Å². The van der Waals surface area contributed by atoms with Crippen LogP contribution in [0.1, 0.15) is 47.5 Å². The summed E-state index contributed by atoms with van der Waals surface area (Å²) in [5.41, 5.74) is 0.711. The smallest absolute Gasteiger partial charge is 0.0278 e. The molecule has 16 heavy (non-hydrogen) atoms. The number of hydrogen-bond acceptors (Lipinski definition) is 2. The highest BCUT2D eigenvalue weighted by molar-refractivity contribution is 4.98. The lowest BCUT2D eigenvalue weighted by atomic mass is 9.82. The number of nitrogens with one attached hydrogen (secondary N) is 1. The van der Waals surface area contributed by atoms with Crippen molar-refractivity contribution < 1.29 is 0 Å². The van der Waals surface area contributed by atoms with E-state index in [4.69, 9.17) is 0 Å². The number of rotatable bonds is 2. The maximum absolute atomic E-state index is 3.73. The lowest BCUT2D eigenvalue weighted by Crippen LogP contribution is -2.65. The summed E-state index contributed by atoms with van der Waals surface area (Å²) in [7, 11) is 0. The van der Waals surface area contributed by atoms with Gasteiger partial charge >= 0.3 is 0 Å². The van der Waals surface area contributed by atoms with Crippen molar-refractivity contribution in [1.29, 1.82) is 0 Å². The van der Waals surface area contributed by atoms with Crippen LogP contribution >= 0.6 is 0 Å². The fourth-order valence-corrected chi connectivity index (χ4v) is 2.53. The maximum Gasteiger partial charge on any atom is 0.0278 e. The Bertz CT molecular complexity index is 248. The van der Waals surface area contributed by atoms with Gasteiger partial charge in [0, 0.05) is 31.2 Å². The fourth-order valence-electron chi connectivity index (χ4n) is 2.53. The van der Waals surface area contributed by atoms with E-state index in [1.807, 2.05) is 0 Å². The first kappa shape index (κ1) is 12.4. The molecule has 2 heteroatoms. The molecule has 1 heterocycles. The van der Waals surface area contributed by atoms with Crippen LogP contribution < -0.4 is 5.32 Å². The minimum absolute atomic E-state index is 0.338. The molecule has 0 spiro atoms. The second-order valence-corrected chi connectivity index (χ2v) is 7.46. The zero-order chi connectivity index (χ0) is 12.0. The van der Waals surface area contributed by atoms with Crippen LogP contribution in [0.5, 0.6) is 0 Å². The molecule has 0 bridgehead atoms. The van der Waals surface area contributed by atoms with Crippen molar-refractivity contribution in [2.75, 3.05) is 19.6 Å². The molecule has 0 amide bonds. The Balaban J connectivity index is 2.00. The fraction of sp³-hybridized carbons (Fsp3) is 1.00. The van der Waals surface area contributed by atoms with Crippen molar-refractivity contribution in [2.45, 2.75) is 59.0 Å². The molecule has 0 aromatic rings.